The largest absolute Gasteiger partial charge is 0.508 e. The zero-order chi connectivity index (χ0) is 18.1. The highest BCUT2D eigenvalue weighted by Gasteiger charge is 2.05. The predicted octanol–water partition coefficient (Wildman–Crippen LogP) is 2.66. The summed E-state index contributed by atoms with van der Waals surface area (Å²) in [6, 6.07) is 12.9. The number of ether oxygens (including phenoxy) is 2. The maximum Gasteiger partial charge on any atom is 0.191 e. The van der Waals surface area contributed by atoms with Crippen LogP contribution in [0.5, 0.6) is 17.2 Å². The van der Waals surface area contributed by atoms with Gasteiger partial charge in [-0.05, 0) is 42.3 Å². The highest BCUT2D eigenvalue weighted by atomic mass is 16.5. The number of phenols is 1. The van der Waals surface area contributed by atoms with Crippen LogP contribution in [-0.2, 0) is 13.1 Å². The molecule has 0 aliphatic rings. The number of methoxy groups -OCH3 is 2. The molecular weight excluding hydrogens is 318 g/mol. The highest BCUT2D eigenvalue weighted by molar-refractivity contribution is 5.79. The Morgan fingerprint density at radius 3 is 2.28 bits per heavy atom. The predicted molar refractivity (Wildman–Crippen MR) is 99.3 cm³/mol. The Hall–Kier alpha value is -2.89. The van der Waals surface area contributed by atoms with Gasteiger partial charge in [0.05, 0.1) is 20.8 Å². The summed E-state index contributed by atoms with van der Waals surface area (Å²) in [4.78, 5) is 4.60. The van der Waals surface area contributed by atoms with Crippen molar-refractivity contribution < 1.29 is 14.6 Å². The van der Waals surface area contributed by atoms with E-state index in [0.29, 0.717) is 24.6 Å². The molecule has 2 rings (SSSR count). The zero-order valence-electron chi connectivity index (χ0n) is 14.9. The van der Waals surface area contributed by atoms with Crippen LogP contribution in [0.25, 0.3) is 0 Å². The standard InChI is InChI=1S/C19H25N3O3/c1-4-20-19(21-12-14-5-8-16(23)9-6-14)22-13-15-7-10-17(24-2)18(11-15)25-3/h5-11,23H,4,12-13H2,1-3H3,(H2,20,21,22). The van der Waals surface area contributed by atoms with Gasteiger partial charge in [0, 0.05) is 13.1 Å². The van der Waals surface area contributed by atoms with Crippen LogP contribution in [0.15, 0.2) is 47.5 Å². The van der Waals surface area contributed by atoms with Crippen LogP contribution >= 0.6 is 0 Å². The Bertz CT molecular complexity index is 700. The van der Waals surface area contributed by atoms with Crippen LogP contribution in [0, 0.1) is 0 Å². The van der Waals surface area contributed by atoms with Gasteiger partial charge in [0.1, 0.15) is 5.75 Å². The Morgan fingerprint density at radius 1 is 0.960 bits per heavy atom. The molecule has 3 N–H and O–H groups in total. The van der Waals surface area contributed by atoms with E-state index in [1.807, 2.05) is 37.3 Å². The first kappa shape index (κ1) is 18.4. The average molecular weight is 343 g/mol. The number of hydrogen-bond acceptors (Lipinski definition) is 4. The summed E-state index contributed by atoms with van der Waals surface area (Å²) in [5.74, 6) is 2.38. The highest BCUT2D eigenvalue weighted by Crippen LogP contribution is 2.27. The molecule has 0 amide bonds. The summed E-state index contributed by atoms with van der Waals surface area (Å²) in [5, 5.41) is 15.8. The Kier molecular flexibility index (Phi) is 6.95. The number of nitrogens with zero attached hydrogens (tertiary/aromatic N) is 1. The van der Waals surface area contributed by atoms with Gasteiger partial charge >= 0.3 is 0 Å². The molecule has 2 aromatic carbocycles. The number of phenolic OH excluding ortho intramolecular Hbond substituents is 1. The van der Waals surface area contributed by atoms with E-state index in [4.69, 9.17) is 9.47 Å². The number of aliphatic imine (C=N–C) groups is 1. The van der Waals surface area contributed by atoms with E-state index in [0.717, 1.165) is 23.6 Å². The lowest BCUT2D eigenvalue weighted by Gasteiger charge is -2.12. The average Bonchev–Trinajstić information content (AvgIpc) is 2.65. The Labute approximate surface area is 148 Å². The van der Waals surface area contributed by atoms with Crippen LogP contribution in [0.1, 0.15) is 18.1 Å². The normalized spacial score (nSPS) is 11.1. The second kappa shape index (κ2) is 9.42. The van der Waals surface area contributed by atoms with Gasteiger partial charge in [-0.15, -0.1) is 0 Å². The maximum absolute atomic E-state index is 9.33. The number of hydrogen-bond donors (Lipinski definition) is 3. The summed E-state index contributed by atoms with van der Waals surface area (Å²) in [5.41, 5.74) is 2.09. The molecule has 134 valence electrons. The van der Waals surface area contributed by atoms with Gasteiger partial charge in [-0.3, -0.25) is 0 Å². The van der Waals surface area contributed by atoms with Crippen LogP contribution in [0.3, 0.4) is 0 Å². The molecule has 25 heavy (non-hydrogen) atoms. The van der Waals surface area contributed by atoms with Crippen molar-refractivity contribution in [2.75, 3.05) is 20.8 Å². The van der Waals surface area contributed by atoms with Crippen molar-refractivity contribution in [3.8, 4) is 17.2 Å². The molecule has 0 saturated heterocycles. The van der Waals surface area contributed by atoms with E-state index in [1.165, 1.54) is 0 Å². The quantitative estimate of drug-likeness (QED) is 0.532. The maximum atomic E-state index is 9.33. The van der Waals surface area contributed by atoms with Crippen molar-refractivity contribution in [3.63, 3.8) is 0 Å². The Balaban J connectivity index is 2.02. The number of benzene rings is 2. The molecule has 0 heterocycles. The molecule has 0 radical (unpaired) electrons. The van der Waals surface area contributed by atoms with E-state index < -0.39 is 0 Å². The van der Waals surface area contributed by atoms with Crippen molar-refractivity contribution in [1.82, 2.24) is 10.6 Å². The van der Waals surface area contributed by atoms with Crippen molar-refractivity contribution in [1.29, 1.82) is 0 Å². The molecule has 6 heteroatoms. The lowest BCUT2D eigenvalue weighted by molar-refractivity contribution is 0.354. The van der Waals surface area contributed by atoms with Crippen LogP contribution in [0.4, 0.5) is 0 Å². The molecule has 0 unspecified atom stereocenters. The molecule has 0 aliphatic heterocycles. The van der Waals surface area contributed by atoms with Gasteiger partial charge in [-0.25, -0.2) is 4.99 Å². The van der Waals surface area contributed by atoms with Gasteiger partial charge in [0.25, 0.3) is 0 Å². The Morgan fingerprint density at radius 2 is 1.64 bits per heavy atom. The van der Waals surface area contributed by atoms with Crippen LogP contribution < -0.4 is 20.1 Å². The molecule has 0 saturated carbocycles. The third-order valence-corrected chi connectivity index (χ3v) is 3.61. The van der Waals surface area contributed by atoms with Crippen LogP contribution in [-0.4, -0.2) is 31.8 Å². The molecule has 2 aromatic rings. The molecule has 0 aromatic heterocycles. The lowest BCUT2D eigenvalue weighted by atomic mass is 10.2. The molecule has 0 fully saturated rings. The van der Waals surface area contributed by atoms with E-state index in [-0.39, 0.29) is 5.75 Å². The van der Waals surface area contributed by atoms with Gasteiger partial charge in [0.15, 0.2) is 17.5 Å². The van der Waals surface area contributed by atoms with Crippen molar-refractivity contribution in [2.45, 2.75) is 20.0 Å². The topological polar surface area (TPSA) is 75.1 Å². The fraction of sp³-hybridized carbons (Fsp3) is 0.316. The number of nitrogens with one attached hydrogen (secondary N) is 2. The number of guanidine groups is 1. The third-order valence-electron chi connectivity index (χ3n) is 3.61. The third kappa shape index (κ3) is 5.60. The van der Waals surface area contributed by atoms with Gasteiger partial charge in [-0.2, -0.15) is 0 Å². The van der Waals surface area contributed by atoms with Gasteiger partial charge in [-0.1, -0.05) is 18.2 Å². The number of aromatic hydroxyl groups is 1. The minimum atomic E-state index is 0.262. The summed E-state index contributed by atoms with van der Waals surface area (Å²) in [6.07, 6.45) is 0. The molecule has 0 aliphatic carbocycles. The molecular formula is C19H25N3O3. The second-order valence-corrected chi connectivity index (χ2v) is 5.40. The monoisotopic (exact) mass is 343 g/mol. The van der Waals surface area contributed by atoms with Crippen molar-refractivity contribution in [3.05, 3.63) is 53.6 Å². The fourth-order valence-corrected chi connectivity index (χ4v) is 2.29. The summed E-state index contributed by atoms with van der Waals surface area (Å²) in [6.45, 7) is 3.94. The lowest BCUT2D eigenvalue weighted by Crippen LogP contribution is -2.36. The molecule has 0 spiro atoms. The van der Waals surface area contributed by atoms with E-state index >= 15 is 0 Å². The second-order valence-electron chi connectivity index (χ2n) is 5.40. The molecule has 0 atom stereocenters. The fourth-order valence-electron chi connectivity index (χ4n) is 2.29. The summed E-state index contributed by atoms with van der Waals surface area (Å²) < 4.78 is 10.6. The smallest absolute Gasteiger partial charge is 0.191 e. The van der Waals surface area contributed by atoms with E-state index in [9.17, 15) is 5.11 Å². The molecule has 0 bridgehead atoms. The van der Waals surface area contributed by atoms with Crippen LogP contribution in [0.2, 0.25) is 0 Å². The SMILES string of the molecule is CCNC(=NCc1ccc(OC)c(OC)c1)NCc1ccc(O)cc1. The first-order chi connectivity index (χ1) is 12.2. The minimum Gasteiger partial charge on any atom is -0.508 e. The van der Waals surface area contributed by atoms with E-state index in [1.54, 1.807) is 26.4 Å². The summed E-state index contributed by atoms with van der Waals surface area (Å²) >= 11 is 0. The van der Waals surface area contributed by atoms with Gasteiger partial charge in [0.2, 0.25) is 0 Å². The first-order valence-corrected chi connectivity index (χ1v) is 8.17. The van der Waals surface area contributed by atoms with Gasteiger partial charge < -0.3 is 25.2 Å². The number of rotatable bonds is 7. The first-order valence-electron chi connectivity index (χ1n) is 8.17. The molecule has 6 nitrogen and oxygen atoms in total. The van der Waals surface area contributed by atoms with E-state index in [2.05, 4.69) is 15.6 Å². The van der Waals surface area contributed by atoms with Crippen molar-refractivity contribution in [2.24, 2.45) is 4.99 Å². The summed E-state index contributed by atoms with van der Waals surface area (Å²) in [7, 11) is 3.24. The zero-order valence-corrected chi connectivity index (χ0v) is 14.9. The minimum absolute atomic E-state index is 0.262. The van der Waals surface area contributed by atoms with Crippen molar-refractivity contribution >= 4 is 5.96 Å².